The van der Waals surface area contributed by atoms with Crippen LogP contribution in [0.3, 0.4) is 0 Å². The van der Waals surface area contributed by atoms with Gasteiger partial charge < -0.3 is 19.7 Å². The zero-order valence-corrected chi connectivity index (χ0v) is 14.3. The van der Waals surface area contributed by atoms with E-state index < -0.39 is 5.60 Å². The molecular formula is C15H32N2O3. The third kappa shape index (κ3) is 7.70. The quantitative estimate of drug-likeness (QED) is 0.782. The number of nitrogens with one attached hydrogen (secondary N) is 1. The molecule has 20 heavy (non-hydrogen) atoms. The summed E-state index contributed by atoms with van der Waals surface area (Å²) in [5, 5.41) is 3.36. The van der Waals surface area contributed by atoms with Crippen LogP contribution in [0.4, 0.5) is 4.79 Å². The van der Waals surface area contributed by atoms with Crippen molar-refractivity contribution in [1.82, 2.24) is 10.2 Å². The molecule has 0 spiro atoms. The first-order valence-electron chi connectivity index (χ1n) is 7.34. The second kappa shape index (κ2) is 8.47. The van der Waals surface area contributed by atoms with Gasteiger partial charge in [-0.1, -0.05) is 0 Å². The fourth-order valence-corrected chi connectivity index (χ4v) is 1.66. The molecule has 0 aromatic carbocycles. The average Bonchev–Trinajstić information content (AvgIpc) is 2.30. The van der Waals surface area contributed by atoms with E-state index in [2.05, 4.69) is 12.2 Å². The lowest BCUT2D eigenvalue weighted by molar-refractivity contribution is 0.0187. The molecule has 120 valence electrons. The molecule has 0 radical (unpaired) electrons. The van der Waals surface area contributed by atoms with Gasteiger partial charge in [-0.05, 0) is 48.5 Å². The van der Waals surface area contributed by atoms with Crippen LogP contribution in [0.2, 0.25) is 0 Å². The molecule has 0 saturated carbocycles. The molecule has 0 aliphatic rings. The zero-order chi connectivity index (χ0) is 15.9. The zero-order valence-electron chi connectivity index (χ0n) is 14.3. The van der Waals surface area contributed by atoms with Crippen LogP contribution < -0.4 is 5.32 Å². The Kier molecular flexibility index (Phi) is 8.13. The number of carbonyl (C=O) groups excluding carboxylic acids is 1. The van der Waals surface area contributed by atoms with Gasteiger partial charge in [0.25, 0.3) is 0 Å². The van der Waals surface area contributed by atoms with Crippen LogP contribution >= 0.6 is 0 Å². The number of hydrogen-bond donors (Lipinski definition) is 1. The van der Waals surface area contributed by atoms with Crippen molar-refractivity contribution in [3.63, 3.8) is 0 Å². The minimum absolute atomic E-state index is 0.113. The molecule has 2 unspecified atom stereocenters. The van der Waals surface area contributed by atoms with Crippen LogP contribution in [0.5, 0.6) is 0 Å². The van der Waals surface area contributed by atoms with E-state index in [4.69, 9.17) is 9.47 Å². The van der Waals surface area contributed by atoms with Gasteiger partial charge in [-0.3, -0.25) is 0 Å². The minimum Gasteiger partial charge on any atom is -0.444 e. The summed E-state index contributed by atoms with van der Waals surface area (Å²) in [4.78, 5) is 13.9. The third-order valence-electron chi connectivity index (χ3n) is 3.15. The van der Waals surface area contributed by atoms with Crippen LogP contribution in [-0.2, 0) is 9.47 Å². The molecule has 0 fully saturated rings. The highest BCUT2D eigenvalue weighted by molar-refractivity contribution is 5.68. The summed E-state index contributed by atoms with van der Waals surface area (Å²) in [7, 11) is 1.70. The predicted octanol–water partition coefficient (Wildman–Crippen LogP) is 2.64. The van der Waals surface area contributed by atoms with E-state index in [1.165, 1.54) is 0 Å². The van der Waals surface area contributed by atoms with Crippen molar-refractivity contribution in [2.75, 3.05) is 20.2 Å². The van der Waals surface area contributed by atoms with Crippen LogP contribution in [0.1, 0.15) is 48.5 Å². The molecule has 0 rings (SSSR count). The molecule has 0 heterocycles. The Morgan fingerprint density at radius 1 is 1.20 bits per heavy atom. The highest BCUT2D eigenvalue weighted by Gasteiger charge is 2.24. The number of hydrogen-bond acceptors (Lipinski definition) is 4. The summed E-state index contributed by atoms with van der Waals surface area (Å²) in [5.41, 5.74) is -0.463. The van der Waals surface area contributed by atoms with E-state index >= 15 is 0 Å². The second-order valence-electron chi connectivity index (χ2n) is 6.45. The summed E-state index contributed by atoms with van der Waals surface area (Å²) in [6, 6.07) is 0.356. The lowest BCUT2D eigenvalue weighted by atomic mass is 10.2. The van der Waals surface area contributed by atoms with Crippen molar-refractivity contribution < 1.29 is 14.3 Å². The molecule has 0 aliphatic heterocycles. The Bertz CT molecular complexity index is 287. The largest absolute Gasteiger partial charge is 0.444 e. The number of ether oxygens (including phenoxy) is 2. The third-order valence-corrected chi connectivity index (χ3v) is 3.15. The van der Waals surface area contributed by atoms with Gasteiger partial charge in [0.2, 0.25) is 0 Å². The van der Waals surface area contributed by atoms with Crippen LogP contribution in [0.25, 0.3) is 0 Å². The van der Waals surface area contributed by atoms with E-state index in [9.17, 15) is 4.79 Å². The highest BCUT2D eigenvalue weighted by Crippen LogP contribution is 2.11. The van der Waals surface area contributed by atoms with Gasteiger partial charge in [-0.2, -0.15) is 0 Å². The maximum atomic E-state index is 12.1. The fraction of sp³-hybridized carbons (Fsp3) is 0.933. The van der Waals surface area contributed by atoms with Gasteiger partial charge in [0, 0.05) is 32.3 Å². The Hall–Kier alpha value is -0.810. The highest BCUT2D eigenvalue weighted by atomic mass is 16.6. The summed E-state index contributed by atoms with van der Waals surface area (Å²) in [6.07, 6.45) is -0.120. The Morgan fingerprint density at radius 3 is 2.15 bits per heavy atom. The lowest BCUT2D eigenvalue weighted by Gasteiger charge is -2.31. The first-order valence-corrected chi connectivity index (χ1v) is 7.34. The van der Waals surface area contributed by atoms with Crippen molar-refractivity contribution in [2.24, 2.45) is 0 Å². The standard InChI is InChI=1S/C15H32N2O3/c1-11(2)17(14(18)20-15(5,6)7)10-9-16-12(3)13(4)19-8/h11-13,16H,9-10H2,1-8H3. The minimum atomic E-state index is -0.463. The van der Waals surface area contributed by atoms with E-state index in [1.807, 2.05) is 41.5 Å². The number of nitrogens with zero attached hydrogens (tertiary/aromatic N) is 1. The molecule has 0 aromatic rings. The maximum Gasteiger partial charge on any atom is 0.410 e. The fourth-order valence-electron chi connectivity index (χ4n) is 1.66. The molecule has 0 bridgehead atoms. The van der Waals surface area contributed by atoms with Crippen LogP contribution in [-0.4, -0.2) is 55.0 Å². The van der Waals surface area contributed by atoms with E-state index in [1.54, 1.807) is 12.0 Å². The van der Waals surface area contributed by atoms with Gasteiger partial charge in [-0.15, -0.1) is 0 Å². The average molecular weight is 288 g/mol. The first-order chi connectivity index (χ1) is 9.08. The lowest BCUT2D eigenvalue weighted by Crippen LogP contribution is -2.46. The molecular weight excluding hydrogens is 256 g/mol. The molecule has 5 heteroatoms. The summed E-state index contributed by atoms with van der Waals surface area (Å²) in [5.74, 6) is 0. The number of methoxy groups -OCH3 is 1. The molecule has 2 atom stereocenters. The maximum absolute atomic E-state index is 12.1. The molecule has 0 aromatic heterocycles. The van der Waals surface area contributed by atoms with Gasteiger partial charge in [0.1, 0.15) is 5.60 Å². The molecule has 5 nitrogen and oxygen atoms in total. The van der Waals surface area contributed by atoms with Crippen molar-refractivity contribution in [1.29, 1.82) is 0 Å². The van der Waals surface area contributed by atoms with Crippen molar-refractivity contribution in [2.45, 2.75) is 72.3 Å². The predicted molar refractivity (Wildman–Crippen MR) is 82.0 cm³/mol. The number of amides is 1. The monoisotopic (exact) mass is 288 g/mol. The van der Waals surface area contributed by atoms with E-state index in [-0.39, 0.29) is 24.3 Å². The molecule has 0 saturated heterocycles. The van der Waals surface area contributed by atoms with Gasteiger partial charge >= 0.3 is 6.09 Å². The molecule has 0 aliphatic carbocycles. The van der Waals surface area contributed by atoms with Gasteiger partial charge in [0.05, 0.1) is 6.10 Å². The second-order valence-corrected chi connectivity index (χ2v) is 6.45. The van der Waals surface area contributed by atoms with Crippen molar-refractivity contribution in [3.8, 4) is 0 Å². The first kappa shape index (κ1) is 19.2. The van der Waals surface area contributed by atoms with Crippen LogP contribution in [0, 0.1) is 0 Å². The number of carbonyl (C=O) groups is 1. The summed E-state index contributed by atoms with van der Waals surface area (Å²) < 4.78 is 10.7. The normalized spacial score (nSPS) is 15.1. The Morgan fingerprint density at radius 2 is 1.75 bits per heavy atom. The van der Waals surface area contributed by atoms with E-state index in [0.29, 0.717) is 13.1 Å². The van der Waals surface area contributed by atoms with Crippen molar-refractivity contribution in [3.05, 3.63) is 0 Å². The Labute approximate surface area is 124 Å². The SMILES string of the molecule is COC(C)C(C)NCCN(C(=O)OC(C)(C)C)C(C)C. The van der Waals surface area contributed by atoms with Crippen LogP contribution in [0.15, 0.2) is 0 Å². The Balaban J connectivity index is 4.33. The molecule has 1 N–H and O–H groups in total. The molecule has 1 amide bonds. The summed E-state index contributed by atoms with van der Waals surface area (Å²) >= 11 is 0. The smallest absolute Gasteiger partial charge is 0.410 e. The summed E-state index contributed by atoms with van der Waals surface area (Å²) in [6.45, 7) is 15.0. The van der Waals surface area contributed by atoms with Gasteiger partial charge in [0.15, 0.2) is 0 Å². The number of rotatable bonds is 7. The topological polar surface area (TPSA) is 50.8 Å². The van der Waals surface area contributed by atoms with Crippen molar-refractivity contribution >= 4 is 6.09 Å². The van der Waals surface area contributed by atoms with Gasteiger partial charge in [-0.25, -0.2) is 4.79 Å². The van der Waals surface area contributed by atoms with E-state index in [0.717, 1.165) is 0 Å².